The third-order valence-electron chi connectivity index (χ3n) is 4.69. The van der Waals surface area contributed by atoms with Crippen LogP contribution < -0.4 is 10.1 Å². The first kappa shape index (κ1) is 20.3. The molecule has 0 aliphatic carbocycles. The minimum absolute atomic E-state index is 0.0908. The molecule has 1 N–H and O–H groups in total. The first-order chi connectivity index (χ1) is 13.6. The number of hydrogen-bond acceptors (Lipinski definition) is 5. The second-order valence-electron chi connectivity index (χ2n) is 6.68. The van der Waals surface area contributed by atoms with Crippen molar-refractivity contribution in [2.45, 2.75) is 41.9 Å². The van der Waals surface area contributed by atoms with Crippen LogP contribution >= 0.6 is 11.8 Å². The number of ether oxygens (including phenoxy) is 2. The lowest BCUT2D eigenvalue weighted by Crippen LogP contribution is -2.30. The number of carbonyl (C=O) groups excluding carboxylic acids is 2. The van der Waals surface area contributed by atoms with E-state index in [9.17, 15) is 9.59 Å². The first-order valence-electron chi connectivity index (χ1n) is 9.51. The zero-order valence-corrected chi connectivity index (χ0v) is 17.0. The van der Waals surface area contributed by atoms with E-state index < -0.39 is 0 Å². The van der Waals surface area contributed by atoms with Crippen molar-refractivity contribution in [1.29, 1.82) is 0 Å². The van der Waals surface area contributed by atoms with Crippen molar-refractivity contribution in [3.8, 4) is 5.75 Å². The number of fused-ring (bicyclic) bond motifs is 1. The molecule has 148 valence electrons. The van der Waals surface area contributed by atoms with Gasteiger partial charge in [0.05, 0.1) is 19.3 Å². The molecule has 0 fully saturated rings. The van der Waals surface area contributed by atoms with Gasteiger partial charge in [0.25, 0.3) is 0 Å². The molecule has 28 heavy (non-hydrogen) atoms. The molecule has 1 atom stereocenters. The highest BCUT2D eigenvalue weighted by atomic mass is 32.2. The van der Waals surface area contributed by atoms with E-state index in [-0.39, 0.29) is 17.8 Å². The van der Waals surface area contributed by atoms with Crippen LogP contribution in [-0.4, -0.2) is 32.1 Å². The van der Waals surface area contributed by atoms with E-state index in [4.69, 9.17) is 9.47 Å². The maximum absolute atomic E-state index is 12.0. The lowest BCUT2D eigenvalue weighted by atomic mass is 9.93. The summed E-state index contributed by atoms with van der Waals surface area (Å²) in [6, 6.07) is 13.5. The second-order valence-corrected chi connectivity index (χ2v) is 7.79. The quantitative estimate of drug-likeness (QED) is 0.699. The average molecular weight is 400 g/mol. The SMILES string of the molecule is CCCC(=O)NCC1CCOc2ccc(Sc3ccccc3C(=O)OC)cc21. The number of benzene rings is 2. The maximum Gasteiger partial charge on any atom is 0.339 e. The van der Waals surface area contributed by atoms with Gasteiger partial charge in [-0.1, -0.05) is 30.8 Å². The van der Waals surface area contributed by atoms with Crippen molar-refractivity contribution in [3.63, 3.8) is 0 Å². The van der Waals surface area contributed by atoms with Crippen LogP contribution in [0.3, 0.4) is 0 Å². The third-order valence-corrected chi connectivity index (χ3v) is 5.75. The monoisotopic (exact) mass is 399 g/mol. The van der Waals surface area contributed by atoms with Gasteiger partial charge in [-0.2, -0.15) is 0 Å². The summed E-state index contributed by atoms with van der Waals surface area (Å²) >= 11 is 1.52. The van der Waals surface area contributed by atoms with Crippen molar-refractivity contribution in [2.75, 3.05) is 20.3 Å². The van der Waals surface area contributed by atoms with Gasteiger partial charge in [0.15, 0.2) is 0 Å². The molecule has 1 heterocycles. The van der Waals surface area contributed by atoms with Gasteiger partial charge in [-0.05, 0) is 43.2 Å². The van der Waals surface area contributed by atoms with Gasteiger partial charge >= 0.3 is 5.97 Å². The molecule has 1 unspecified atom stereocenters. The molecule has 5 nitrogen and oxygen atoms in total. The number of esters is 1. The first-order valence-corrected chi connectivity index (χ1v) is 10.3. The Morgan fingerprint density at radius 2 is 2.07 bits per heavy atom. The number of methoxy groups -OCH3 is 1. The Morgan fingerprint density at radius 1 is 1.25 bits per heavy atom. The second kappa shape index (κ2) is 9.64. The fourth-order valence-corrected chi connectivity index (χ4v) is 4.22. The molecular weight excluding hydrogens is 374 g/mol. The Kier molecular flexibility index (Phi) is 6.98. The van der Waals surface area contributed by atoms with Crippen LogP contribution in [0.2, 0.25) is 0 Å². The normalized spacial score (nSPS) is 15.3. The molecule has 1 aliphatic rings. The minimum Gasteiger partial charge on any atom is -0.493 e. The van der Waals surface area contributed by atoms with E-state index in [1.165, 1.54) is 18.9 Å². The molecule has 0 saturated carbocycles. The third kappa shape index (κ3) is 4.87. The van der Waals surface area contributed by atoms with E-state index in [1.54, 1.807) is 6.07 Å². The highest BCUT2D eigenvalue weighted by Crippen LogP contribution is 2.39. The van der Waals surface area contributed by atoms with Crippen LogP contribution in [-0.2, 0) is 9.53 Å². The molecule has 2 aromatic rings. The molecule has 3 rings (SSSR count). The number of carbonyl (C=O) groups is 2. The van der Waals surface area contributed by atoms with Gasteiger partial charge in [0, 0.05) is 34.2 Å². The van der Waals surface area contributed by atoms with Crippen molar-refractivity contribution < 1.29 is 19.1 Å². The molecule has 0 spiro atoms. The van der Waals surface area contributed by atoms with Crippen LogP contribution in [0.4, 0.5) is 0 Å². The fraction of sp³-hybridized carbons (Fsp3) is 0.364. The molecule has 0 saturated heterocycles. The molecule has 6 heteroatoms. The Hall–Kier alpha value is -2.47. The van der Waals surface area contributed by atoms with Crippen molar-refractivity contribution in [1.82, 2.24) is 5.32 Å². The van der Waals surface area contributed by atoms with E-state index in [1.807, 2.05) is 37.3 Å². The van der Waals surface area contributed by atoms with Crippen LogP contribution in [0, 0.1) is 0 Å². The molecule has 0 radical (unpaired) electrons. The standard InChI is InChI=1S/C22H25NO4S/c1-3-6-21(24)23-14-15-11-12-27-19-10-9-16(13-18(15)19)28-20-8-5-4-7-17(20)22(25)26-2/h4-5,7-10,13,15H,3,6,11-12,14H2,1-2H3,(H,23,24). The summed E-state index contributed by atoms with van der Waals surface area (Å²) in [5.41, 5.74) is 1.65. The van der Waals surface area contributed by atoms with Gasteiger partial charge in [0.1, 0.15) is 5.75 Å². The van der Waals surface area contributed by atoms with Gasteiger partial charge < -0.3 is 14.8 Å². The molecule has 1 amide bonds. The van der Waals surface area contributed by atoms with Crippen LogP contribution in [0.5, 0.6) is 5.75 Å². The summed E-state index contributed by atoms with van der Waals surface area (Å²) in [7, 11) is 1.39. The summed E-state index contributed by atoms with van der Waals surface area (Å²) in [5.74, 6) is 0.835. The smallest absolute Gasteiger partial charge is 0.339 e. The Balaban J connectivity index is 1.80. The van der Waals surface area contributed by atoms with Crippen LogP contribution in [0.1, 0.15) is 48.0 Å². The van der Waals surface area contributed by atoms with Gasteiger partial charge in [-0.3, -0.25) is 4.79 Å². The van der Waals surface area contributed by atoms with E-state index in [2.05, 4.69) is 11.4 Å². The lowest BCUT2D eigenvalue weighted by Gasteiger charge is -2.26. The summed E-state index contributed by atoms with van der Waals surface area (Å²) in [6.07, 6.45) is 2.26. The Labute approximate surface area is 169 Å². The molecular formula is C22H25NO4S. The highest BCUT2D eigenvalue weighted by Gasteiger charge is 2.23. The van der Waals surface area contributed by atoms with Crippen molar-refractivity contribution in [3.05, 3.63) is 53.6 Å². The Morgan fingerprint density at radius 3 is 2.86 bits per heavy atom. The number of hydrogen-bond donors (Lipinski definition) is 1. The van der Waals surface area contributed by atoms with E-state index in [0.29, 0.717) is 25.1 Å². The number of rotatable bonds is 7. The maximum atomic E-state index is 12.0. The van der Waals surface area contributed by atoms with Gasteiger partial charge in [0.2, 0.25) is 5.91 Å². The van der Waals surface area contributed by atoms with Crippen molar-refractivity contribution in [2.24, 2.45) is 0 Å². The van der Waals surface area contributed by atoms with E-state index >= 15 is 0 Å². The zero-order chi connectivity index (χ0) is 19.9. The number of amides is 1. The molecule has 1 aliphatic heterocycles. The Bertz CT molecular complexity index is 852. The summed E-state index contributed by atoms with van der Waals surface area (Å²) in [6.45, 7) is 3.26. The largest absolute Gasteiger partial charge is 0.493 e. The van der Waals surface area contributed by atoms with Gasteiger partial charge in [-0.15, -0.1) is 0 Å². The van der Waals surface area contributed by atoms with Crippen LogP contribution in [0.25, 0.3) is 0 Å². The summed E-state index contributed by atoms with van der Waals surface area (Å²) in [5, 5.41) is 3.03. The highest BCUT2D eigenvalue weighted by molar-refractivity contribution is 7.99. The topological polar surface area (TPSA) is 64.6 Å². The predicted molar refractivity (Wildman–Crippen MR) is 109 cm³/mol. The van der Waals surface area contributed by atoms with Gasteiger partial charge in [-0.25, -0.2) is 4.79 Å². The number of nitrogens with one attached hydrogen (secondary N) is 1. The summed E-state index contributed by atoms with van der Waals surface area (Å²) in [4.78, 5) is 25.7. The summed E-state index contributed by atoms with van der Waals surface area (Å²) < 4.78 is 10.7. The minimum atomic E-state index is -0.346. The van der Waals surface area contributed by atoms with Crippen molar-refractivity contribution >= 4 is 23.6 Å². The zero-order valence-electron chi connectivity index (χ0n) is 16.2. The molecule has 2 aromatic carbocycles. The van der Waals surface area contributed by atoms with E-state index in [0.717, 1.165) is 33.9 Å². The molecule has 0 bridgehead atoms. The lowest BCUT2D eigenvalue weighted by molar-refractivity contribution is -0.121. The average Bonchev–Trinajstić information content (AvgIpc) is 2.72. The predicted octanol–water partition coefficient (Wildman–Crippen LogP) is 4.41. The fourth-order valence-electron chi connectivity index (χ4n) is 3.23. The van der Waals surface area contributed by atoms with Crippen LogP contribution in [0.15, 0.2) is 52.3 Å². The molecule has 0 aromatic heterocycles.